The minimum Gasteiger partial charge on any atom is -0.489 e. The standard InChI is InChI=1S/C37H67NO13.C37H65NO12.C37H63NO11/c1-14-25-37(10,45)30(41)20(4)27(39)18(2)16-35(8,44)32(51-34-28(40)24(38(11)12)15-19(3)47-34)21(5)29(22(6)33(43)49-25)50-26-17-36(9,46-13)31(42)23(7)48-26;1-14-25-37(10,43)30(40)20(4)28-18(2)16-36(9,50-28)32(49-34-27(39)24(38(11)12)15-19(3)45-34)21(5)29(22(6)33(42)47-25)48-26-17-35(8,44-13)31(41)23(7)46-26;1-14-26-34(8)16-19(2)37(48-34)20(3)17-36(10,49-37)31(47-33-28(39)25(38(11)12)15-21(4)43-33)22(5)29(23(6)32(41)45-26)46-27-18-35(9,42-13)30(40)24(7)44-27/h18-26,28-32,34,40-42,44-45H,14-17H2,1-13H3;19-27,29-32,34,39-41,43H,14-17H2,1-13H3;16,20-31,33,39-40H,14-15,17-18H2,1-13H3/p+2/t18-,19-,20+,21+,22-,23+,24+,25-,26?,28-,29+,30-,31+,32-,34?,35-,36-,37-;19-,20+,21+,22-,23+,24+,25-,26?,27-,29+,30-,31+,32-,34?,35-,36-,37-;20-,21-,22+,23-,24+,25+,26-,27?,28-,29+,30+,31-,33?,34+,35-,36+,37-/m111/s1. The van der Waals surface area contributed by atoms with Crippen molar-refractivity contribution in [2.75, 3.05) is 63.6 Å². The van der Waals surface area contributed by atoms with E-state index in [-0.39, 0.29) is 83.7 Å². The second-order valence-corrected chi connectivity index (χ2v) is 49.3. The molecule has 11 N–H and O–H groups in total. The molecule has 6 unspecified atom stereocenters. The number of cyclic esters (lactones) is 3. The van der Waals surface area contributed by atoms with Gasteiger partial charge in [0.15, 0.2) is 43.5 Å². The van der Waals surface area contributed by atoms with E-state index in [1.165, 1.54) is 41.9 Å². The molecule has 52 atom stereocenters. The number of carbonyl (C=O) groups excluding carboxylic acids is 4. The van der Waals surface area contributed by atoms with Gasteiger partial charge in [-0.3, -0.25) is 19.2 Å². The van der Waals surface area contributed by atoms with E-state index in [9.17, 15) is 75.3 Å². The highest BCUT2D eigenvalue weighted by atomic mass is 16.8. The van der Waals surface area contributed by atoms with Crippen LogP contribution in [0.15, 0.2) is 23.0 Å². The fourth-order valence-corrected chi connectivity index (χ4v) is 26.5. The zero-order valence-corrected chi connectivity index (χ0v) is 97.3. The first kappa shape index (κ1) is 128. The maximum absolute atomic E-state index is 14.2. The molecular formula is C111H197N3O36+2. The Morgan fingerprint density at radius 1 is 0.393 bits per heavy atom. The molecule has 0 amide bonds. The molecule has 12 aliphatic heterocycles. The van der Waals surface area contributed by atoms with Gasteiger partial charge >= 0.3 is 20.8 Å². The molecule has 0 saturated carbocycles. The number of fused-ring (bicyclic) bond motifs is 4. The average Bonchev–Trinajstić information content (AvgIpc) is 1.55. The van der Waals surface area contributed by atoms with E-state index in [2.05, 4.69) is 6.92 Å². The van der Waals surface area contributed by atoms with Gasteiger partial charge in [0.2, 0.25) is 0 Å². The largest absolute Gasteiger partial charge is 1.00 e. The summed E-state index contributed by atoms with van der Waals surface area (Å²) in [7, 11) is 16.0. The Labute approximate surface area is 894 Å². The molecule has 1 spiro atoms. The maximum atomic E-state index is 14.2. The number of hydrogen-bond acceptors (Lipinski definition) is 39. The highest BCUT2D eigenvalue weighted by molar-refractivity contribution is 5.83. The molecule has 150 heavy (non-hydrogen) atoms. The first-order valence-electron chi connectivity index (χ1n) is 55.0. The van der Waals surface area contributed by atoms with Crippen molar-refractivity contribution in [1.82, 2.24) is 14.7 Å². The summed E-state index contributed by atoms with van der Waals surface area (Å²) in [5.41, 5.74) is -9.74. The third kappa shape index (κ3) is 26.6. The number of carbonyl (C=O) groups is 4. The van der Waals surface area contributed by atoms with E-state index in [1.54, 1.807) is 97.1 Å². The van der Waals surface area contributed by atoms with E-state index < -0.39 is 293 Å². The van der Waals surface area contributed by atoms with Crippen LogP contribution in [0, 0.1) is 59.2 Å². The molecule has 870 valence electrons. The quantitative estimate of drug-likeness (QED) is 0.0290. The lowest BCUT2D eigenvalue weighted by Gasteiger charge is -2.49. The first-order chi connectivity index (χ1) is 69.3. The molecule has 5 bridgehead atoms. The van der Waals surface area contributed by atoms with Crippen molar-refractivity contribution in [1.29, 1.82) is 0 Å². The van der Waals surface area contributed by atoms with Gasteiger partial charge in [-0.15, -0.1) is 0 Å². The van der Waals surface area contributed by atoms with Crippen molar-refractivity contribution in [3.63, 3.8) is 0 Å². The molecule has 0 aromatic carbocycles. The fourth-order valence-electron chi connectivity index (χ4n) is 26.5. The third-order valence-corrected chi connectivity index (χ3v) is 36.0. The molecule has 10 saturated heterocycles. The van der Waals surface area contributed by atoms with Crippen LogP contribution in [0.5, 0.6) is 0 Å². The van der Waals surface area contributed by atoms with Gasteiger partial charge in [-0.1, -0.05) is 69.2 Å². The van der Waals surface area contributed by atoms with Crippen molar-refractivity contribution in [3.8, 4) is 0 Å². The molecule has 12 heterocycles. The van der Waals surface area contributed by atoms with Crippen molar-refractivity contribution in [3.05, 3.63) is 23.0 Å². The van der Waals surface area contributed by atoms with Crippen molar-refractivity contribution >= 4 is 23.7 Å². The minimum atomic E-state index is -1.99. The van der Waals surface area contributed by atoms with Crippen LogP contribution in [-0.2, 0) is 119 Å². The van der Waals surface area contributed by atoms with E-state index in [0.29, 0.717) is 44.3 Å². The Morgan fingerprint density at radius 3 is 1.05 bits per heavy atom. The molecule has 39 heteroatoms. The maximum Gasteiger partial charge on any atom is 1.00 e. The number of ketones is 1. The van der Waals surface area contributed by atoms with Crippen LogP contribution in [-0.4, -0.2) is 411 Å². The van der Waals surface area contributed by atoms with Gasteiger partial charge in [0.1, 0.15) is 95.0 Å². The van der Waals surface area contributed by atoms with Gasteiger partial charge in [-0.25, -0.2) is 0 Å². The van der Waals surface area contributed by atoms with Gasteiger partial charge in [0.25, 0.3) is 0 Å². The Balaban J connectivity index is 0.000000275. The number of ether oxygens (including phenoxy) is 21. The Kier molecular flexibility index (Phi) is 42.4. The fraction of sp³-hybridized carbons (Fsp3) is 0.928. The summed E-state index contributed by atoms with van der Waals surface area (Å²) in [6.45, 7) is 53.7. The zero-order chi connectivity index (χ0) is 113. The predicted molar refractivity (Wildman–Crippen MR) is 552 cm³/mol. The van der Waals surface area contributed by atoms with Crippen molar-refractivity contribution < 1.29 is 178 Å². The van der Waals surface area contributed by atoms with Gasteiger partial charge < -0.3 is 170 Å². The Bertz CT molecular complexity index is 4490. The van der Waals surface area contributed by atoms with Crippen molar-refractivity contribution in [2.45, 2.75) is 537 Å². The van der Waals surface area contributed by atoms with Crippen LogP contribution in [0.1, 0.15) is 288 Å². The Hall–Kier alpha value is -3.88. The number of Topliss-reactive ketones (excluding diaryl/α,β-unsaturated/α-hetero) is 1. The lowest BCUT2D eigenvalue weighted by Crippen LogP contribution is -2.61. The predicted octanol–water partition coefficient (Wildman–Crippen LogP) is 8.84. The number of hydrogen-bond donors (Lipinski definition) is 11. The van der Waals surface area contributed by atoms with Crippen LogP contribution in [0.2, 0.25) is 0 Å². The number of aliphatic hydroxyl groups is 11. The summed E-state index contributed by atoms with van der Waals surface area (Å²) in [6.07, 6.45) is -19.5. The minimum absolute atomic E-state index is 0. The van der Waals surface area contributed by atoms with Crippen molar-refractivity contribution in [2.24, 2.45) is 59.2 Å². The molecule has 39 nitrogen and oxygen atoms in total. The molecule has 10 fully saturated rings. The molecule has 12 rings (SSSR count). The molecule has 0 aromatic heterocycles. The topological polar surface area (TPSA) is 494 Å². The molecular weight excluding hydrogens is 1950 g/mol. The van der Waals surface area contributed by atoms with E-state index in [4.69, 9.17) is 99.5 Å². The number of aliphatic hydroxyl groups excluding tert-OH is 8. The highest BCUT2D eigenvalue weighted by Gasteiger charge is 2.67. The van der Waals surface area contributed by atoms with E-state index >= 15 is 0 Å². The molecule has 0 aliphatic carbocycles. The second kappa shape index (κ2) is 49.8. The lowest BCUT2D eigenvalue weighted by molar-refractivity contribution is -0.337. The first-order valence-corrected chi connectivity index (χ1v) is 55.0. The third-order valence-electron chi connectivity index (χ3n) is 36.0. The van der Waals surface area contributed by atoms with E-state index in [0.717, 1.165) is 11.1 Å². The lowest BCUT2D eigenvalue weighted by atomic mass is 9.74. The second-order valence-electron chi connectivity index (χ2n) is 49.3. The zero-order valence-electron chi connectivity index (χ0n) is 99.3. The number of rotatable bonds is 21. The molecule has 0 aromatic rings. The monoisotopic (exact) mass is 2150 g/mol. The highest BCUT2D eigenvalue weighted by Crippen LogP contribution is 2.58. The number of methoxy groups -OCH3 is 3. The summed E-state index contributed by atoms with van der Waals surface area (Å²) in [6, 6.07) is -0.749. The number of nitrogens with zero attached hydrogens (tertiary/aromatic N) is 3. The Morgan fingerprint density at radius 2 is 0.713 bits per heavy atom. The average molecular weight is 2150 g/mol. The number of likely N-dealkylation sites (N-methyl/N-ethyl adjacent to an activating group) is 3. The molecule has 0 radical (unpaired) electrons. The number of esters is 3. The normalized spacial score (nSPS) is 50.5. The SMILES string of the molecule is CC[C@H]1OC(=O)[C@H](C)[C@@H](OC2C[C@@](C)(OC)[C@@H](O)[C@H](C)O2)[C@H](C)[C@@H](OC2O[C@H](C)C[C@H](N(C)C)[C@H]2O)[C@@]2(C)CC(C)=C(O2)[C@H](C)[C@@H](O)[C@]1(C)O.CC[C@H]1OC(=O)[C@H](C)[C@@H](OC2C[C@@](C)(OC)[C@@H](O)[C@H](C)O2)[C@H](C)[C@@H](OC2O[C@H](C)C[C@H](N(C)C)[C@H]2O)[C@](C)(O)C[C@@H](C)C(=O)[C@H](C)[C@@H](O)[C@]1(C)O.CC[C@H]1OC(=O)[C@H](C)[C@@H](OC2C[C@@](C)(OC)[C@@H](O)[C@H](C)O2)[C@H](C)[C@@H](OC2O[C@H](C)C[C@H](N(C)C)[C@H]2O)[C@]2(C)C[C@@H](C)[C@]3(O[C@@]1(C)C=C3C)O2.[H+].[H+]. The van der Waals surface area contributed by atoms with Gasteiger partial charge in [-0.2, -0.15) is 0 Å². The molecule has 12 aliphatic rings. The van der Waals surface area contributed by atoms with Crippen LogP contribution in [0.3, 0.4) is 0 Å². The summed E-state index contributed by atoms with van der Waals surface area (Å²) in [5.74, 6) is -10.2. The smallest absolute Gasteiger partial charge is 0.489 e. The summed E-state index contributed by atoms with van der Waals surface area (Å²) in [5, 5.41) is 126. The van der Waals surface area contributed by atoms with Gasteiger partial charge in [0.05, 0.1) is 125 Å². The van der Waals surface area contributed by atoms with Crippen LogP contribution < -0.4 is 0 Å². The summed E-state index contributed by atoms with van der Waals surface area (Å²) in [4.78, 5) is 62.0. The van der Waals surface area contributed by atoms with E-state index in [1.807, 2.05) is 146 Å². The van der Waals surface area contributed by atoms with Crippen LogP contribution >= 0.6 is 0 Å². The summed E-state index contributed by atoms with van der Waals surface area (Å²) < 4.78 is 134. The van der Waals surface area contributed by atoms with Crippen LogP contribution in [0.25, 0.3) is 0 Å². The van der Waals surface area contributed by atoms with Crippen LogP contribution in [0.4, 0.5) is 0 Å². The summed E-state index contributed by atoms with van der Waals surface area (Å²) >= 11 is 0. The van der Waals surface area contributed by atoms with Gasteiger partial charge in [-0.05, 0) is 249 Å². The van der Waals surface area contributed by atoms with Gasteiger partial charge in [0, 0.05) is 107 Å².